The van der Waals surface area contributed by atoms with Crippen LogP contribution in [0.25, 0.3) is 0 Å². The molecule has 0 spiro atoms. The van der Waals surface area contributed by atoms with E-state index in [4.69, 9.17) is 10.00 Å². The van der Waals surface area contributed by atoms with E-state index in [0.29, 0.717) is 12.1 Å². The molecule has 1 N–H and O–H groups in total. The number of ether oxygens (including phenoxy) is 1. The summed E-state index contributed by atoms with van der Waals surface area (Å²) in [6.45, 7) is 0.739. The summed E-state index contributed by atoms with van der Waals surface area (Å²) in [5.41, 5.74) is 0. The summed E-state index contributed by atoms with van der Waals surface area (Å²) in [4.78, 5) is 0. The van der Waals surface area contributed by atoms with Crippen LogP contribution in [0.15, 0.2) is 0 Å². The SMILES string of the molecule is N#CC(CCOC1CCCC1)NC1CC1. The summed E-state index contributed by atoms with van der Waals surface area (Å²) in [7, 11) is 0. The number of hydrogen-bond acceptors (Lipinski definition) is 3. The molecule has 15 heavy (non-hydrogen) atoms. The first-order valence-electron chi connectivity index (χ1n) is 6.16. The van der Waals surface area contributed by atoms with E-state index < -0.39 is 0 Å². The molecule has 3 heteroatoms. The molecule has 2 aliphatic rings. The van der Waals surface area contributed by atoms with E-state index in [1.807, 2.05) is 0 Å². The maximum absolute atomic E-state index is 8.93. The van der Waals surface area contributed by atoms with Crippen LogP contribution in [-0.4, -0.2) is 24.8 Å². The second-order valence-electron chi connectivity index (χ2n) is 4.69. The van der Waals surface area contributed by atoms with E-state index in [9.17, 15) is 0 Å². The predicted octanol–water partition coefficient (Wildman–Crippen LogP) is 1.98. The maximum Gasteiger partial charge on any atom is 0.0977 e. The quantitative estimate of drug-likeness (QED) is 0.726. The summed E-state index contributed by atoms with van der Waals surface area (Å²) in [6, 6.07) is 2.92. The number of nitrogens with one attached hydrogen (secondary N) is 1. The van der Waals surface area contributed by atoms with Crippen LogP contribution in [0.2, 0.25) is 0 Å². The van der Waals surface area contributed by atoms with Gasteiger partial charge in [-0.25, -0.2) is 0 Å². The van der Waals surface area contributed by atoms with Crippen molar-refractivity contribution < 1.29 is 4.74 Å². The molecule has 2 fully saturated rings. The molecule has 0 amide bonds. The molecule has 0 aromatic carbocycles. The van der Waals surface area contributed by atoms with Crippen molar-refractivity contribution in [3.63, 3.8) is 0 Å². The Morgan fingerprint density at radius 3 is 2.60 bits per heavy atom. The van der Waals surface area contributed by atoms with Gasteiger partial charge in [0.15, 0.2) is 0 Å². The molecular weight excluding hydrogens is 188 g/mol. The van der Waals surface area contributed by atoms with E-state index in [-0.39, 0.29) is 6.04 Å². The van der Waals surface area contributed by atoms with Crippen molar-refractivity contribution in [2.24, 2.45) is 0 Å². The Balaban J connectivity index is 1.56. The van der Waals surface area contributed by atoms with Gasteiger partial charge in [-0.15, -0.1) is 0 Å². The van der Waals surface area contributed by atoms with E-state index in [1.165, 1.54) is 38.5 Å². The third-order valence-electron chi connectivity index (χ3n) is 3.23. The van der Waals surface area contributed by atoms with Crippen molar-refractivity contribution in [1.29, 1.82) is 5.26 Å². The molecule has 2 rings (SSSR count). The molecule has 0 radical (unpaired) electrons. The Morgan fingerprint density at radius 2 is 2.00 bits per heavy atom. The predicted molar refractivity (Wildman–Crippen MR) is 58.4 cm³/mol. The van der Waals surface area contributed by atoms with Crippen LogP contribution in [0.1, 0.15) is 44.9 Å². The van der Waals surface area contributed by atoms with Gasteiger partial charge < -0.3 is 4.74 Å². The average Bonchev–Trinajstić information content (AvgIpc) is 2.91. The minimum atomic E-state index is -0.00102. The van der Waals surface area contributed by atoms with Gasteiger partial charge in [0.25, 0.3) is 0 Å². The monoisotopic (exact) mass is 208 g/mol. The molecule has 3 nitrogen and oxygen atoms in total. The van der Waals surface area contributed by atoms with Gasteiger partial charge >= 0.3 is 0 Å². The molecule has 2 saturated carbocycles. The molecule has 1 unspecified atom stereocenters. The lowest BCUT2D eigenvalue weighted by Gasteiger charge is -2.14. The van der Waals surface area contributed by atoms with E-state index in [0.717, 1.165) is 13.0 Å². The van der Waals surface area contributed by atoms with E-state index in [2.05, 4.69) is 11.4 Å². The molecule has 84 valence electrons. The van der Waals surface area contributed by atoms with Crippen molar-refractivity contribution in [3.05, 3.63) is 0 Å². The van der Waals surface area contributed by atoms with Gasteiger partial charge in [0, 0.05) is 12.6 Å². The summed E-state index contributed by atoms with van der Waals surface area (Å²) in [6.07, 6.45) is 8.84. The van der Waals surface area contributed by atoms with Crippen LogP contribution < -0.4 is 5.32 Å². The van der Waals surface area contributed by atoms with Crippen molar-refractivity contribution in [1.82, 2.24) is 5.32 Å². The number of rotatable bonds is 6. The summed E-state index contributed by atoms with van der Waals surface area (Å²) < 4.78 is 5.75. The lowest BCUT2D eigenvalue weighted by molar-refractivity contribution is 0.0543. The fraction of sp³-hybridized carbons (Fsp3) is 0.917. The van der Waals surface area contributed by atoms with E-state index >= 15 is 0 Å². The minimum absolute atomic E-state index is 0.00102. The van der Waals surface area contributed by atoms with Crippen molar-refractivity contribution in [2.75, 3.05) is 6.61 Å². The average molecular weight is 208 g/mol. The Morgan fingerprint density at radius 1 is 1.27 bits per heavy atom. The summed E-state index contributed by atoms with van der Waals surface area (Å²) in [5, 5.41) is 12.3. The maximum atomic E-state index is 8.93. The largest absolute Gasteiger partial charge is 0.378 e. The minimum Gasteiger partial charge on any atom is -0.378 e. The van der Waals surface area contributed by atoms with Crippen LogP contribution in [0.5, 0.6) is 0 Å². The van der Waals surface area contributed by atoms with Crippen molar-refractivity contribution in [3.8, 4) is 6.07 Å². The Kier molecular flexibility index (Phi) is 3.99. The Bertz CT molecular complexity index is 226. The third kappa shape index (κ3) is 3.81. The molecule has 0 aliphatic heterocycles. The van der Waals surface area contributed by atoms with Crippen LogP contribution in [0, 0.1) is 11.3 Å². The fourth-order valence-electron chi connectivity index (χ4n) is 2.13. The molecule has 0 heterocycles. The zero-order valence-corrected chi connectivity index (χ0v) is 9.24. The van der Waals surface area contributed by atoms with Gasteiger partial charge in [0.2, 0.25) is 0 Å². The Labute approximate surface area is 91.8 Å². The first-order valence-corrected chi connectivity index (χ1v) is 6.16. The molecule has 0 bridgehead atoms. The Hall–Kier alpha value is -0.590. The highest BCUT2D eigenvalue weighted by Crippen LogP contribution is 2.22. The van der Waals surface area contributed by atoms with Gasteiger partial charge in [-0.3, -0.25) is 5.32 Å². The van der Waals surface area contributed by atoms with E-state index in [1.54, 1.807) is 0 Å². The summed E-state index contributed by atoms with van der Waals surface area (Å²) >= 11 is 0. The normalized spacial score (nSPS) is 23.9. The smallest absolute Gasteiger partial charge is 0.0977 e. The summed E-state index contributed by atoms with van der Waals surface area (Å²) in [5.74, 6) is 0. The molecule has 0 aromatic heterocycles. The first-order chi connectivity index (χ1) is 7.38. The number of nitrogens with zero attached hydrogens (tertiary/aromatic N) is 1. The fourth-order valence-corrected chi connectivity index (χ4v) is 2.13. The van der Waals surface area contributed by atoms with Crippen LogP contribution in [0.3, 0.4) is 0 Å². The standard InChI is InChI=1S/C12H20N2O/c13-9-11(14-10-5-6-10)7-8-15-12-3-1-2-4-12/h10-12,14H,1-8H2. The number of hydrogen-bond donors (Lipinski definition) is 1. The topological polar surface area (TPSA) is 45.0 Å². The molecule has 0 saturated heterocycles. The second-order valence-corrected chi connectivity index (χ2v) is 4.69. The van der Waals surface area contributed by atoms with Crippen LogP contribution in [0.4, 0.5) is 0 Å². The first kappa shape index (κ1) is 10.9. The van der Waals surface area contributed by atoms with Crippen molar-refractivity contribution >= 4 is 0 Å². The van der Waals surface area contributed by atoms with Gasteiger partial charge in [-0.1, -0.05) is 12.8 Å². The number of nitriles is 1. The third-order valence-corrected chi connectivity index (χ3v) is 3.23. The van der Waals surface area contributed by atoms with Gasteiger partial charge in [0.1, 0.15) is 0 Å². The van der Waals surface area contributed by atoms with Crippen LogP contribution >= 0.6 is 0 Å². The highest BCUT2D eigenvalue weighted by Gasteiger charge is 2.24. The zero-order valence-electron chi connectivity index (χ0n) is 9.24. The molecule has 0 aromatic rings. The lowest BCUT2D eigenvalue weighted by Crippen LogP contribution is -2.31. The second kappa shape index (κ2) is 5.48. The van der Waals surface area contributed by atoms with Gasteiger partial charge in [-0.2, -0.15) is 5.26 Å². The molecular formula is C12H20N2O. The van der Waals surface area contributed by atoms with Gasteiger partial charge in [0.05, 0.1) is 18.2 Å². The van der Waals surface area contributed by atoms with Crippen LogP contribution in [-0.2, 0) is 4.74 Å². The highest BCUT2D eigenvalue weighted by atomic mass is 16.5. The lowest BCUT2D eigenvalue weighted by atomic mass is 10.2. The zero-order chi connectivity index (χ0) is 10.5. The molecule has 1 atom stereocenters. The van der Waals surface area contributed by atoms with Gasteiger partial charge in [-0.05, 0) is 32.1 Å². The van der Waals surface area contributed by atoms with Crippen molar-refractivity contribution in [2.45, 2.75) is 63.1 Å². The highest BCUT2D eigenvalue weighted by molar-refractivity contribution is 4.95. The molecule has 2 aliphatic carbocycles.